The summed E-state index contributed by atoms with van der Waals surface area (Å²) in [5.41, 5.74) is 1.59. The predicted molar refractivity (Wildman–Crippen MR) is 152 cm³/mol. The number of anilines is 1. The average Bonchev–Trinajstić information content (AvgIpc) is 2.75. The molecular weight excluding hydrogens is 484 g/mol. The number of nitrogens with one attached hydrogen (secondary N) is 2. The minimum Gasteiger partial charge on any atom is -0.544 e. The summed E-state index contributed by atoms with van der Waals surface area (Å²) in [6.45, 7) is 20.6. The van der Waals surface area contributed by atoms with Crippen LogP contribution in [-0.4, -0.2) is 38.1 Å². The highest BCUT2D eigenvalue weighted by atomic mass is 28.4. The van der Waals surface area contributed by atoms with E-state index in [0.29, 0.717) is 17.9 Å². The zero-order valence-electron chi connectivity index (χ0n) is 24.0. The zero-order valence-corrected chi connectivity index (χ0v) is 25.0. The third-order valence-corrected chi connectivity index (χ3v) is 10.8. The smallest absolute Gasteiger partial charge is 0.407 e. The molecule has 0 aliphatic heterocycles. The molecule has 2 aromatic rings. The van der Waals surface area contributed by atoms with Gasteiger partial charge in [-0.3, -0.25) is 4.79 Å². The molecule has 0 fully saturated rings. The lowest BCUT2D eigenvalue weighted by atomic mass is 10.1. The Balaban J connectivity index is 1.92. The number of ether oxygens (including phenoxy) is 2. The Morgan fingerprint density at radius 3 is 2.14 bits per heavy atom. The van der Waals surface area contributed by atoms with E-state index in [4.69, 9.17) is 13.9 Å². The number of alkyl carbamates (subject to hydrolysis) is 1. The van der Waals surface area contributed by atoms with Gasteiger partial charge in [0.1, 0.15) is 11.4 Å². The molecular formula is C29H44N2O5Si. The summed E-state index contributed by atoms with van der Waals surface area (Å²) in [4.78, 5) is 24.8. The number of carbonyl (C=O) groups is 2. The van der Waals surface area contributed by atoms with Gasteiger partial charge in [-0.2, -0.15) is 0 Å². The third-order valence-electron chi connectivity index (χ3n) is 6.44. The Hall–Kier alpha value is -2.84. The Bertz CT molecular complexity index is 1060. The molecule has 37 heavy (non-hydrogen) atoms. The van der Waals surface area contributed by atoms with Crippen LogP contribution in [0.2, 0.25) is 18.1 Å². The molecule has 0 aliphatic carbocycles. The van der Waals surface area contributed by atoms with Gasteiger partial charge in [0, 0.05) is 11.3 Å². The second-order valence-electron chi connectivity index (χ2n) is 12.0. The first kappa shape index (κ1) is 30.4. The fourth-order valence-electron chi connectivity index (χ4n) is 3.05. The van der Waals surface area contributed by atoms with Crippen molar-refractivity contribution in [1.29, 1.82) is 0 Å². The van der Waals surface area contributed by atoms with Gasteiger partial charge < -0.3 is 24.5 Å². The molecule has 2 N–H and O–H groups in total. The molecule has 0 aliphatic rings. The molecule has 2 aromatic carbocycles. The van der Waals surface area contributed by atoms with Gasteiger partial charge in [0.2, 0.25) is 8.32 Å². The first-order valence-electron chi connectivity index (χ1n) is 12.8. The van der Waals surface area contributed by atoms with Crippen LogP contribution in [0.25, 0.3) is 0 Å². The number of hydrogen-bond acceptors (Lipinski definition) is 5. The van der Waals surface area contributed by atoms with Crippen LogP contribution in [-0.2, 0) is 16.1 Å². The zero-order chi connectivity index (χ0) is 28.0. The van der Waals surface area contributed by atoms with Crippen molar-refractivity contribution < 1.29 is 23.5 Å². The van der Waals surface area contributed by atoms with Gasteiger partial charge in [-0.1, -0.05) is 32.9 Å². The Labute approximate surface area is 223 Å². The van der Waals surface area contributed by atoms with Gasteiger partial charge in [0.25, 0.3) is 5.91 Å². The highest BCUT2D eigenvalue weighted by molar-refractivity contribution is 6.74. The maximum absolute atomic E-state index is 12.8. The van der Waals surface area contributed by atoms with Crippen LogP contribution in [0.4, 0.5) is 10.5 Å². The van der Waals surface area contributed by atoms with Gasteiger partial charge >= 0.3 is 6.09 Å². The summed E-state index contributed by atoms with van der Waals surface area (Å²) in [6.07, 6.45) is -0.711. The Morgan fingerprint density at radius 1 is 0.946 bits per heavy atom. The Morgan fingerprint density at radius 2 is 1.57 bits per heavy atom. The summed E-state index contributed by atoms with van der Waals surface area (Å²) in [5.74, 6) is 0.590. The van der Waals surface area contributed by atoms with Gasteiger partial charge in [-0.05, 0) is 94.7 Å². The van der Waals surface area contributed by atoms with E-state index in [0.717, 1.165) is 11.3 Å². The first-order chi connectivity index (χ1) is 17.0. The van der Waals surface area contributed by atoms with E-state index in [1.54, 1.807) is 12.1 Å². The van der Waals surface area contributed by atoms with E-state index in [9.17, 15) is 9.59 Å². The standard InChI is InChI=1S/C29H44N2O5Si/c1-20(30-27(33)35-28(3,4)5)21(2)34-19-22-12-11-13-24(18-22)31-26(32)23-14-16-25(17-15-23)36-37(9,10)29(6,7)8/h11-18,20-21H,19H2,1-10H3,(H,30,33)(H,31,32)/t20-,21-/m1/s1. The van der Waals surface area contributed by atoms with Crippen molar-refractivity contribution >= 4 is 26.0 Å². The van der Waals surface area contributed by atoms with Crippen LogP contribution < -0.4 is 15.1 Å². The molecule has 204 valence electrons. The van der Waals surface area contributed by atoms with Crippen molar-refractivity contribution in [3.63, 3.8) is 0 Å². The molecule has 2 atom stereocenters. The van der Waals surface area contributed by atoms with Crippen LogP contribution in [0.15, 0.2) is 48.5 Å². The van der Waals surface area contributed by atoms with Crippen molar-refractivity contribution in [2.24, 2.45) is 0 Å². The van der Waals surface area contributed by atoms with E-state index >= 15 is 0 Å². The molecule has 0 saturated heterocycles. The van der Waals surface area contributed by atoms with Crippen LogP contribution in [0.5, 0.6) is 5.75 Å². The number of amides is 2. The lowest BCUT2D eigenvalue weighted by molar-refractivity contribution is 0.0183. The quantitative estimate of drug-likeness (QED) is 0.338. The molecule has 0 unspecified atom stereocenters. The van der Waals surface area contributed by atoms with E-state index in [-0.39, 0.29) is 23.1 Å². The van der Waals surface area contributed by atoms with Gasteiger partial charge in [-0.25, -0.2) is 4.79 Å². The lowest BCUT2D eigenvalue weighted by Crippen LogP contribution is -2.43. The average molecular weight is 529 g/mol. The summed E-state index contributed by atoms with van der Waals surface area (Å²) in [6, 6.07) is 14.6. The number of benzene rings is 2. The predicted octanol–water partition coefficient (Wildman–Crippen LogP) is 7.14. The van der Waals surface area contributed by atoms with Gasteiger partial charge in [-0.15, -0.1) is 0 Å². The van der Waals surface area contributed by atoms with Crippen LogP contribution in [0, 0.1) is 0 Å². The number of carbonyl (C=O) groups excluding carboxylic acids is 2. The van der Waals surface area contributed by atoms with Crippen molar-refractivity contribution in [3.05, 3.63) is 59.7 Å². The molecule has 2 amide bonds. The van der Waals surface area contributed by atoms with E-state index in [1.807, 2.05) is 71.0 Å². The highest BCUT2D eigenvalue weighted by Crippen LogP contribution is 2.37. The van der Waals surface area contributed by atoms with E-state index in [1.165, 1.54) is 0 Å². The fraction of sp³-hybridized carbons (Fsp3) is 0.517. The monoisotopic (exact) mass is 528 g/mol. The summed E-state index contributed by atoms with van der Waals surface area (Å²) >= 11 is 0. The molecule has 0 radical (unpaired) electrons. The molecule has 0 spiro atoms. The summed E-state index contributed by atoms with van der Waals surface area (Å²) in [7, 11) is -1.94. The van der Waals surface area contributed by atoms with E-state index < -0.39 is 20.0 Å². The molecule has 2 rings (SSSR count). The third kappa shape index (κ3) is 9.85. The topological polar surface area (TPSA) is 85.9 Å². The normalized spacial score (nSPS) is 13.9. The van der Waals surface area contributed by atoms with Crippen molar-refractivity contribution in [1.82, 2.24) is 5.32 Å². The summed E-state index contributed by atoms with van der Waals surface area (Å²) in [5, 5.41) is 5.85. The minimum absolute atomic E-state index is 0.0994. The molecule has 7 nitrogen and oxygen atoms in total. The Kier molecular flexibility index (Phi) is 9.96. The molecule has 8 heteroatoms. The molecule has 0 heterocycles. The number of hydrogen-bond donors (Lipinski definition) is 2. The fourth-order valence-corrected chi connectivity index (χ4v) is 4.08. The molecule has 0 bridgehead atoms. The number of rotatable bonds is 9. The van der Waals surface area contributed by atoms with Crippen LogP contribution in [0.1, 0.15) is 71.3 Å². The van der Waals surface area contributed by atoms with Crippen molar-refractivity contribution in [2.45, 2.75) is 97.9 Å². The second kappa shape index (κ2) is 12.1. The van der Waals surface area contributed by atoms with Gasteiger partial charge in [0.15, 0.2) is 0 Å². The lowest BCUT2D eigenvalue weighted by Gasteiger charge is -2.36. The van der Waals surface area contributed by atoms with Crippen LogP contribution >= 0.6 is 0 Å². The largest absolute Gasteiger partial charge is 0.544 e. The first-order valence-corrected chi connectivity index (χ1v) is 15.7. The highest BCUT2D eigenvalue weighted by Gasteiger charge is 2.38. The molecule has 0 saturated carbocycles. The van der Waals surface area contributed by atoms with E-state index in [2.05, 4.69) is 44.5 Å². The van der Waals surface area contributed by atoms with Gasteiger partial charge in [0.05, 0.1) is 18.8 Å². The molecule has 0 aromatic heterocycles. The second-order valence-corrected chi connectivity index (χ2v) is 16.7. The maximum atomic E-state index is 12.8. The summed E-state index contributed by atoms with van der Waals surface area (Å²) < 4.78 is 17.6. The van der Waals surface area contributed by atoms with Crippen molar-refractivity contribution in [2.75, 3.05) is 5.32 Å². The van der Waals surface area contributed by atoms with Crippen molar-refractivity contribution in [3.8, 4) is 5.75 Å². The van der Waals surface area contributed by atoms with Crippen LogP contribution in [0.3, 0.4) is 0 Å². The maximum Gasteiger partial charge on any atom is 0.407 e. The minimum atomic E-state index is -1.94. The SMILES string of the molecule is C[C@@H](NC(=O)OC(C)(C)C)[C@@H](C)OCc1cccc(NC(=O)c2ccc(O[Si](C)(C)C(C)(C)C)cc2)c1.